The van der Waals surface area contributed by atoms with Crippen LogP contribution in [0.5, 0.6) is 0 Å². The second-order valence-corrected chi connectivity index (χ2v) is 2.49. The highest BCUT2D eigenvalue weighted by Gasteiger charge is 1.71. The zero-order valence-electron chi connectivity index (χ0n) is 7.88. The zero-order chi connectivity index (χ0) is 11.4. The van der Waals surface area contributed by atoms with Gasteiger partial charge >= 0.3 is 5.43 Å². The molecule has 0 amide bonds. The molecular weight excluding hydrogens is 216 g/mol. The number of pyridine rings is 1. The normalized spacial score (nSPS) is 7.53. The fourth-order valence-electron chi connectivity index (χ4n) is 0.590. The predicted molar refractivity (Wildman–Crippen MR) is 58.9 cm³/mol. The Morgan fingerprint density at radius 2 is 1.53 bits per heavy atom. The summed E-state index contributed by atoms with van der Waals surface area (Å²) < 4.78 is 0. The van der Waals surface area contributed by atoms with Gasteiger partial charge in [-0.15, -0.1) is 0 Å². The van der Waals surface area contributed by atoms with Crippen molar-refractivity contribution in [3.63, 3.8) is 0 Å². The Morgan fingerprint density at radius 1 is 1.07 bits per heavy atom. The van der Waals surface area contributed by atoms with E-state index in [1.54, 1.807) is 12.4 Å². The van der Waals surface area contributed by atoms with E-state index >= 15 is 0 Å². The number of carbonyl (C=O) groups is 1. The van der Waals surface area contributed by atoms with E-state index in [1.165, 1.54) is 0 Å². The molecule has 0 atom stereocenters. The minimum Gasteiger partial charge on any atom is -0.469 e. The summed E-state index contributed by atoms with van der Waals surface area (Å²) in [6, 6.07) is 9.60. The molecule has 15 heavy (non-hydrogen) atoms. The molecule has 2 heterocycles. The van der Waals surface area contributed by atoms with Gasteiger partial charge in [0.25, 0.3) is 0 Å². The average Bonchev–Trinajstić information content (AvgIpc) is 2.77. The highest BCUT2D eigenvalue weighted by atomic mass is 35.5. The summed E-state index contributed by atoms with van der Waals surface area (Å²) in [7, 11) is 0. The van der Waals surface area contributed by atoms with Crippen LogP contribution in [0.4, 0.5) is 4.79 Å². The first-order valence-electron chi connectivity index (χ1n) is 4.04. The van der Waals surface area contributed by atoms with Gasteiger partial charge in [-0.2, -0.15) is 0 Å². The van der Waals surface area contributed by atoms with Crippen LogP contribution < -0.4 is 0 Å². The number of nitrogens with one attached hydrogen (secondary N) is 1. The number of nitrogens with zero attached hydrogens (tertiary/aromatic N) is 1. The van der Waals surface area contributed by atoms with Crippen LogP contribution >= 0.6 is 11.6 Å². The Bertz CT molecular complexity index is 276. The maximum atomic E-state index is 8.77. The average molecular weight is 227 g/mol. The molecule has 0 unspecified atom stereocenters. The van der Waals surface area contributed by atoms with E-state index in [4.69, 9.17) is 9.90 Å². The summed E-state index contributed by atoms with van der Waals surface area (Å²) in [6.45, 7) is 0. The van der Waals surface area contributed by atoms with E-state index < -0.39 is 5.43 Å². The first-order chi connectivity index (χ1) is 7.23. The highest BCUT2D eigenvalue weighted by Crippen LogP contribution is 1.73. The monoisotopic (exact) mass is 226 g/mol. The molecule has 0 aliphatic heterocycles. The van der Waals surface area contributed by atoms with Crippen molar-refractivity contribution in [2.45, 2.75) is 0 Å². The molecule has 0 fully saturated rings. The summed E-state index contributed by atoms with van der Waals surface area (Å²) in [6.07, 6.45) is 7.25. The molecule has 0 aromatic carbocycles. The van der Waals surface area contributed by atoms with Crippen molar-refractivity contribution in [3.8, 4) is 0 Å². The van der Waals surface area contributed by atoms with Crippen LogP contribution in [0.15, 0.2) is 55.1 Å². The Balaban J connectivity index is 0.000000202. The van der Waals surface area contributed by atoms with Gasteiger partial charge in [0.1, 0.15) is 0 Å². The molecule has 0 saturated carbocycles. The fourth-order valence-corrected chi connectivity index (χ4v) is 0.590. The molecular formula is C10H11ClN2O2. The van der Waals surface area contributed by atoms with Crippen LogP contribution in [0.25, 0.3) is 0 Å². The van der Waals surface area contributed by atoms with Gasteiger partial charge < -0.3 is 10.1 Å². The second-order valence-electron chi connectivity index (χ2n) is 2.16. The maximum Gasteiger partial charge on any atom is 0.401 e. The third kappa shape index (κ3) is 15.0. The first kappa shape index (κ1) is 13.2. The standard InChI is InChI=1S/C5H5N.C4H5N.CHClO2/c1-2-4-6-5-3-1;1-2-4-5-3-1;2-1(3)4/h1-5H;1-5H;(H,3,4). The molecule has 0 spiro atoms. The molecule has 0 radical (unpaired) electrons. The molecule has 0 bridgehead atoms. The van der Waals surface area contributed by atoms with Crippen LogP contribution in [0.3, 0.4) is 0 Å². The molecule has 0 saturated heterocycles. The number of rotatable bonds is 0. The third-order valence-corrected chi connectivity index (χ3v) is 1.06. The van der Waals surface area contributed by atoms with Gasteiger partial charge in [-0.05, 0) is 24.3 Å². The van der Waals surface area contributed by atoms with E-state index in [-0.39, 0.29) is 0 Å². The van der Waals surface area contributed by atoms with Gasteiger partial charge in [0, 0.05) is 36.4 Å². The largest absolute Gasteiger partial charge is 0.469 e. The highest BCUT2D eigenvalue weighted by molar-refractivity contribution is 6.60. The number of aromatic nitrogens is 2. The second kappa shape index (κ2) is 10.3. The van der Waals surface area contributed by atoms with Gasteiger partial charge in [0.2, 0.25) is 0 Å². The minimum absolute atomic E-state index is 1.36. The molecule has 2 aromatic heterocycles. The van der Waals surface area contributed by atoms with Crippen molar-refractivity contribution in [3.05, 3.63) is 55.1 Å². The van der Waals surface area contributed by atoms with Gasteiger partial charge in [-0.1, -0.05) is 6.07 Å². The number of carboxylic acid groups (broad SMARTS) is 1. The Hall–Kier alpha value is -1.81. The van der Waals surface area contributed by atoms with Crippen molar-refractivity contribution in [1.29, 1.82) is 0 Å². The molecule has 2 aromatic rings. The van der Waals surface area contributed by atoms with Crippen LogP contribution in [0, 0.1) is 0 Å². The summed E-state index contributed by atoms with van der Waals surface area (Å²) in [4.78, 5) is 15.4. The SMILES string of the molecule is O=C(O)Cl.c1cc[nH]c1.c1ccncc1. The topological polar surface area (TPSA) is 66.0 Å². The molecule has 2 N–H and O–H groups in total. The third-order valence-electron chi connectivity index (χ3n) is 1.06. The molecule has 80 valence electrons. The Labute approximate surface area is 92.6 Å². The predicted octanol–water partition coefficient (Wildman–Crippen LogP) is 3.00. The van der Waals surface area contributed by atoms with Gasteiger partial charge in [0.05, 0.1) is 0 Å². The Kier molecular flexibility index (Phi) is 9.03. The number of H-pyrrole nitrogens is 1. The number of aromatic amines is 1. The molecule has 0 aliphatic carbocycles. The summed E-state index contributed by atoms with van der Waals surface area (Å²) in [5.74, 6) is 0. The van der Waals surface area contributed by atoms with Gasteiger partial charge in [-0.25, -0.2) is 4.79 Å². The molecule has 5 heteroatoms. The number of halogens is 1. The van der Waals surface area contributed by atoms with Gasteiger partial charge in [0.15, 0.2) is 0 Å². The number of hydrogen-bond acceptors (Lipinski definition) is 2. The lowest BCUT2D eigenvalue weighted by molar-refractivity contribution is 0.220. The molecule has 2 rings (SSSR count). The lowest BCUT2D eigenvalue weighted by Crippen LogP contribution is -1.66. The quantitative estimate of drug-likeness (QED) is 0.679. The summed E-state index contributed by atoms with van der Waals surface area (Å²) in [5.41, 5.74) is -1.36. The fraction of sp³-hybridized carbons (Fsp3) is 0. The minimum atomic E-state index is -1.36. The van der Waals surface area contributed by atoms with Crippen LogP contribution in [-0.4, -0.2) is 20.5 Å². The number of hydrogen-bond donors (Lipinski definition) is 2. The van der Waals surface area contributed by atoms with Crippen molar-refractivity contribution in [1.82, 2.24) is 9.97 Å². The van der Waals surface area contributed by atoms with Crippen LogP contribution in [0.1, 0.15) is 0 Å². The van der Waals surface area contributed by atoms with Crippen molar-refractivity contribution < 1.29 is 9.90 Å². The van der Waals surface area contributed by atoms with E-state index in [9.17, 15) is 0 Å². The van der Waals surface area contributed by atoms with E-state index in [0.717, 1.165) is 0 Å². The lowest BCUT2D eigenvalue weighted by Gasteiger charge is -1.70. The van der Waals surface area contributed by atoms with Gasteiger partial charge in [-0.3, -0.25) is 4.98 Å². The summed E-state index contributed by atoms with van der Waals surface area (Å²) >= 11 is 4.19. The van der Waals surface area contributed by atoms with Crippen LogP contribution in [0.2, 0.25) is 0 Å². The van der Waals surface area contributed by atoms with Crippen LogP contribution in [-0.2, 0) is 0 Å². The van der Waals surface area contributed by atoms with E-state index in [0.29, 0.717) is 0 Å². The lowest BCUT2D eigenvalue weighted by atomic mass is 10.5. The maximum absolute atomic E-state index is 8.77. The Morgan fingerprint density at radius 3 is 1.67 bits per heavy atom. The van der Waals surface area contributed by atoms with Crippen molar-refractivity contribution in [2.24, 2.45) is 0 Å². The first-order valence-corrected chi connectivity index (χ1v) is 4.42. The van der Waals surface area contributed by atoms with Crippen molar-refractivity contribution >= 4 is 17.0 Å². The zero-order valence-corrected chi connectivity index (χ0v) is 8.63. The summed E-state index contributed by atoms with van der Waals surface area (Å²) in [5, 5.41) is 7.18. The van der Waals surface area contributed by atoms with Crippen molar-refractivity contribution in [2.75, 3.05) is 0 Å². The van der Waals surface area contributed by atoms with E-state index in [1.807, 2.05) is 42.7 Å². The molecule has 0 aliphatic rings. The smallest absolute Gasteiger partial charge is 0.401 e. The molecule has 4 nitrogen and oxygen atoms in total. The van der Waals surface area contributed by atoms with E-state index in [2.05, 4.69) is 21.6 Å².